The number of fused-ring (bicyclic) bond motifs is 1. The fraction of sp³-hybridized carbons (Fsp3) is 0.250. The van der Waals surface area contributed by atoms with Crippen LogP contribution in [0.1, 0.15) is 30.9 Å². The van der Waals surface area contributed by atoms with Crippen LogP contribution < -0.4 is 4.74 Å². The Morgan fingerprint density at radius 2 is 1.74 bits per heavy atom. The highest BCUT2D eigenvalue weighted by atomic mass is 19.1. The van der Waals surface area contributed by atoms with Crippen LogP contribution in [0.2, 0.25) is 0 Å². The van der Waals surface area contributed by atoms with Crippen LogP contribution in [-0.4, -0.2) is 34.1 Å². The maximum atomic E-state index is 15.0. The Hall–Kier alpha value is -4.03. The van der Waals surface area contributed by atoms with Crippen LogP contribution in [0.4, 0.5) is 4.39 Å². The number of ether oxygens (including phenoxy) is 1. The van der Waals surface area contributed by atoms with E-state index < -0.39 is 0 Å². The van der Waals surface area contributed by atoms with Crippen LogP contribution in [0, 0.1) is 5.82 Å². The number of likely N-dealkylation sites (tertiary alicyclic amines) is 1. The molecule has 0 radical (unpaired) electrons. The number of aromatic nitrogens is 2. The summed E-state index contributed by atoms with van der Waals surface area (Å²) >= 11 is 0. The summed E-state index contributed by atoms with van der Waals surface area (Å²) in [6, 6.07) is 25.4. The van der Waals surface area contributed by atoms with Gasteiger partial charge in [-0.3, -0.25) is 4.90 Å². The van der Waals surface area contributed by atoms with Gasteiger partial charge in [0.25, 0.3) is 0 Å². The first-order valence-corrected chi connectivity index (χ1v) is 13.2. The van der Waals surface area contributed by atoms with Crippen LogP contribution in [0.5, 0.6) is 5.88 Å². The molecule has 1 fully saturated rings. The molecule has 0 spiro atoms. The molecule has 5 nitrogen and oxygen atoms in total. The Balaban J connectivity index is 1.39. The molecule has 6 rings (SSSR count). The van der Waals surface area contributed by atoms with E-state index in [1.165, 1.54) is 23.5 Å². The second-order valence-electron chi connectivity index (χ2n) is 9.80. The normalized spacial score (nSPS) is 16.1. The highest BCUT2D eigenvalue weighted by Crippen LogP contribution is 2.44. The summed E-state index contributed by atoms with van der Waals surface area (Å²) in [5.41, 5.74) is 4.95. The third-order valence-electron chi connectivity index (χ3n) is 7.21. The lowest BCUT2D eigenvalue weighted by molar-refractivity contribution is 0.0821. The van der Waals surface area contributed by atoms with E-state index in [-0.39, 0.29) is 11.9 Å². The van der Waals surface area contributed by atoms with Crippen molar-refractivity contribution in [3.63, 3.8) is 0 Å². The molecule has 0 bridgehead atoms. The van der Waals surface area contributed by atoms with Crippen molar-refractivity contribution in [1.29, 1.82) is 0 Å². The van der Waals surface area contributed by atoms with E-state index in [0.29, 0.717) is 28.3 Å². The predicted molar refractivity (Wildman–Crippen MR) is 147 cm³/mol. The number of hydrogen-bond acceptors (Lipinski definition) is 5. The van der Waals surface area contributed by atoms with Crippen molar-refractivity contribution in [1.82, 2.24) is 14.9 Å². The van der Waals surface area contributed by atoms with Crippen molar-refractivity contribution in [3.05, 3.63) is 102 Å². The topological polar surface area (TPSA) is 51.4 Å². The van der Waals surface area contributed by atoms with Crippen LogP contribution in [0.3, 0.4) is 0 Å². The fourth-order valence-corrected chi connectivity index (χ4v) is 5.27. The molecule has 6 heteroatoms. The number of hydrogen-bond donors (Lipinski definition) is 0. The predicted octanol–water partition coefficient (Wildman–Crippen LogP) is 7.30. The molecule has 38 heavy (non-hydrogen) atoms. The lowest BCUT2D eigenvalue weighted by Crippen LogP contribution is -2.40. The number of piperidine rings is 1. The van der Waals surface area contributed by atoms with Crippen molar-refractivity contribution in [3.8, 4) is 28.3 Å². The molecule has 192 valence electrons. The Morgan fingerprint density at radius 1 is 0.947 bits per heavy atom. The SMILES string of the molecule is CCc1ccc(-c2c(-c3ccccc3F)oc3ncnc(O[C@@H]4CCCN(Cc5ccccc5)C4)c23)cc1. The first-order valence-electron chi connectivity index (χ1n) is 13.2. The van der Waals surface area contributed by atoms with Crippen molar-refractivity contribution < 1.29 is 13.5 Å². The molecule has 1 aliphatic heterocycles. The highest BCUT2D eigenvalue weighted by molar-refractivity contribution is 6.03. The average Bonchev–Trinajstić information content (AvgIpc) is 3.34. The molecule has 3 heterocycles. The van der Waals surface area contributed by atoms with Gasteiger partial charge < -0.3 is 9.15 Å². The van der Waals surface area contributed by atoms with Gasteiger partial charge >= 0.3 is 0 Å². The van der Waals surface area contributed by atoms with Crippen LogP contribution in [0.25, 0.3) is 33.6 Å². The highest BCUT2D eigenvalue weighted by Gasteiger charge is 2.27. The molecule has 0 amide bonds. The van der Waals surface area contributed by atoms with Gasteiger partial charge in [-0.2, -0.15) is 0 Å². The van der Waals surface area contributed by atoms with Crippen molar-refractivity contribution in [2.24, 2.45) is 0 Å². The lowest BCUT2D eigenvalue weighted by atomic mass is 9.98. The summed E-state index contributed by atoms with van der Waals surface area (Å²) in [6.07, 6.45) is 4.36. The number of aryl methyl sites for hydroxylation is 1. The molecule has 0 unspecified atom stereocenters. The van der Waals surface area contributed by atoms with E-state index >= 15 is 0 Å². The zero-order valence-corrected chi connectivity index (χ0v) is 21.4. The maximum absolute atomic E-state index is 15.0. The second kappa shape index (κ2) is 10.8. The van der Waals surface area contributed by atoms with Gasteiger partial charge in [-0.05, 0) is 54.6 Å². The quantitative estimate of drug-likeness (QED) is 0.231. The fourth-order valence-electron chi connectivity index (χ4n) is 5.27. The molecule has 1 saturated heterocycles. The second-order valence-corrected chi connectivity index (χ2v) is 9.80. The molecule has 0 saturated carbocycles. The molecule has 1 atom stereocenters. The van der Waals surface area contributed by atoms with E-state index in [9.17, 15) is 4.39 Å². The van der Waals surface area contributed by atoms with Gasteiger partial charge in [0, 0.05) is 18.7 Å². The number of halogens is 1. The Labute approximate surface area is 221 Å². The van der Waals surface area contributed by atoms with Crippen molar-refractivity contribution >= 4 is 11.1 Å². The van der Waals surface area contributed by atoms with E-state index in [4.69, 9.17) is 9.15 Å². The summed E-state index contributed by atoms with van der Waals surface area (Å²) in [6.45, 7) is 4.85. The van der Waals surface area contributed by atoms with Gasteiger partial charge in [-0.1, -0.05) is 73.7 Å². The van der Waals surface area contributed by atoms with E-state index in [1.54, 1.807) is 12.1 Å². The number of nitrogens with zero attached hydrogens (tertiary/aromatic N) is 3. The van der Waals surface area contributed by atoms with Crippen LogP contribution in [-0.2, 0) is 13.0 Å². The zero-order valence-electron chi connectivity index (χ0n) is 21.4. The molecule has 5 aromatic rings. The minimum atomic E-state index is -0.350. The molecule has 1 aliphatic rings. The Kier molecular flexibility index (Phi) is 6.88. The van der Waals surface area contributed by atoms with Crippen LogP contribution in [0.15, 0.2) is 89.6 Å². The van der Waals surface area contributed by atoms with Crippen molar-refractivity contribution in [2.75, 3.05) is 13.1 Å². The molecule has 3 aromatic carbocycles. The molecule has 0 N–H and O–H groups in total. The molecular formula is C32H30FN3O2. The summed E-state index contributed by atoms with van der Waals surface area (Å²) in [4.78, 5) is 11.4. The van der Waals surface area contributed by atoms with Gasteiger partial charge in [0.15, 0.2) is 0 Å². The summed E-state index contributed by atoms with van der Waals surface area (Å²) in [5, 5.41) is 0.676. The first-order chi connectivity index (χ1) is 18.7. The molecule has 2 aromatic heterocycles. The van der Waals surface area contributed by atoms with E-state index in [2.05, 4.69) is 58.2 Å². The monoisotopic (exact) mass is 507 g/mol. The first kappa shape index (κ1) is 24.3. The Morgan fingerprint density at radius 3 is 2.53 bits per heavy atom. The van der Waals surface area contributed by atoms with Gasteiger partial charge in [0.2, 0.25) is 11.6 Å². The summed E-state index contributed by atoms with van der Waals surface area (Å²) in [7, 11) is 0. The van der Waals surface area contributed by atoms with Gasteiger partial charge in [0.05, 0.1) is 5.56 Å². The van der Waals surface area contributed by atoms with E-state index in [0.717, 1.165) is 50.0 Å². The largest absolute Gasteiger partial charge is 0.472 e. The van der Waals surface area contributed by atoms with Gasteiger partial charge in [0.1, 0.15) is 29.4 Å². The van der Waals surface area contributed by atoms with Gasteiger partial charge in [-0.25, -0.2) is 14.4 Å². The number of rotatable bonds is 7. The number of benzene rings is 3. The zero-order chi connectivity index (χ0) is 25.9. The summed E-state index contributed by atoms with van der Waals surface area (Å²) in [5.74, 6) is 0.557. The molecule has 0 aliphatic carbocycles. The van der Waals surface area contributed by atoms with Crippen molar-refractivity contribution in [2.45, 2.75) is 38.8 Å². The molecular weight excluding hydrogens is 477 g/mol. The Bertz CT molecular complexity index is 1530. The third kappa shape index (κ3) is 4.92. The average molecular weight is 508 g/mol. The van der Waals surface area contributed by atoms with Crippen LogP contribution >= 0.6 is 0 Å². The number of furan rings is 1. The summed E-state index contributed by atoms with van der Waals surface area (Å²) < 4.78 is 27.8. The maximum Gasteiger partial charge on any atom is 0.234 e. The van der Waals surface area contributed by atoms with E-state index in [1.807, 2.05) is 24.3 Å². The van der Waals surface area contributed by atoms with Gasteiger partial charge in [-0.15, -0.1) is 0 Å². The third-order valence-corrected chi connectivity index (χ3v) is 7.21. The lowest BCUT2D eigenvalue weighted by Gasteiger charge is -2.32. The minimum absolute atomic E-state index is 0.0207. The smallest absolute Gasteiger partial charge is 0.234 e. The standard InChI is InChI=1S/C32H30FN3O2/c1-2-22-14-16-24(17-15-22)28-29-31(34-21-35-32(29)38-30(28)26-12-6-7-13-27(26)33)37-25-11-8-18-36(20-25)19-23-9-4-3-5-10-23/h3-7,9-10,12-17,21,25H,2,8,11,18-20H2,1H3/t25-/m1/s1. The minimum Gasteiger partial charge on any atom is -0.472 e.